The van der Waals surface area contributed by atoms with Gasteiger partial charge in [-0.25, -0.2) is 14.6 Å². The minimum Gasteiger partial charge on any atom is -0.481 e. The van der Waals surface area contributed by atoms with E-state index in [0.29, 0.717) is 5.01 Å². The fourth-order valence-corrected chi connectivity index (χ4v) is 1.79. The van der Waals surface area contributed by atoms with Gasteiger partial charge < -0.3 is 20.8 Å². The largest absolute Gasteiger partial charge is 0.481 e. The number of nitrogens with zero attached hydrogens (tertiary/aromatic N) is 1. The van der Waals surface area contributed by atoms with Crippen LogP contribution >= 0.6 is 11.3 Å². The minimum atomic E-state index is -1.27. The molecule has 0 radical (unpaired) electrons. The lowest BCUT2D eigenvalue weighted by Gasteiger charge is -2.13. The van der Waals surface area contributed by atoms with E-state index in [-0.39, 0.29) is 19.4 Å². The molecule has 0 unspecified atom stereocenters. The van der Waals surface area contributed by atoms with Crippen LogP contribution in [-0.4, -0.2) is 39.2 Å². The number of carbonyl (C=O) groups is 3. The van der Waals surface area contributed by atoms with E-state index >= 15 is 0 Å². The first-order valence-corrected chi connectivity index (χ1v) is 6.24. The van der Waals surface area contributed by atoms with Gasteiger partial charge in [0.25, 0.3) is 0 Å². The second kappa shape index (κ2) is 7.31. The van der Waals surface area contributed by atoms with Gasteiger partial charge >= 0.3 is 18.0 Å². The molecule has 0 saturated heterocycles. The number of aliphatic carboxylic acids is 2. The van der Waals surface area contributed by atoms with Crippen molar-refractivity contribution in [2.24, 2.45) is 0 Å². The molecule has 1 aromatic heterocycles. The number of carboxylic acids is 2. The van der Waals surface area contributed by atoms with Gasteiger partial charge in [-0.2, -0.15) is 0 Å². The van der Waals surface area contributed by atoms with Crippen LogP contribution < -0.4 is 10.6 Å². The van der Waals surface area contributed by atoms with Crippen LogP contribution in [-0.2, 0) is 16.1 Å². The third-order valence-corrected chi connectivity index (χ3v) is 2.91. The van der Waals surface area contributed by atoms with Crippen LogP contribution in [0.4, 0.5) is 4.79 Å². The number of aromatic nitrogens is 1. The number of rotatable bonds is 7. The van der Waals surface area contributed by atoms with Gasteiger partial charge in [0.2, 0.25) is 0 Å². The molecule has 9 heteroatoms. The predicted molar refractivity (Wildman–Crippen MR) is 65.8 cm³/mol. The van der Waals surface area contributed by atoms with Gasteiger partial charge in [0.15, 0.2) is 0 Å². The van der Waals surface area contributed by atoms with Crippen molar-refractivity contribution >= 4 is 29.3 Å². The number of nitrogens with one attached hydrogen (secondary N) is 2. The van der Waals surface area contributed by atoms with E-state index < -0.39 is 24.0 Å². The number of carbonyl (C=O) groups excluding carboxylic acids is 1. The zero-order valence-electron chi connectivity index (χ0n) is 9.83. The fraction of sp³-hybridized carbons (Fsp3) is 0.400. The Morgan fingerprint density at radius 1 is 1.37 bits per heavy atom. The molecule has 0 spiro atoms. The van der Waals surface area contributed by atoms with Gasteiger partial charge in [-0.3, -0.25) is 4.79 Å². The molecule has 1 heterocycles. The Morgan fingerprint density at radius 3 is 2.63 bits per heavy atom. The van der Waals surface area contributed by atoms with E-state index in [1.165, 1.54) is 11.3 Å². The van der Waals surface area contributed by atoms with Crippen LogP contribution in [0, 0.1) is 0 Å². The standard InChI is InChI=1S/C10H13N3O5S/c14-8(15)2-1-6(9(16)17)13-10(18)12-5-7-11-3-4-19-7/h3-4,6H,1-2,5H2,(H,14,15)(H,16,17)(H2,12,13,18)/t6-/m0/s1. The van der Waals surface area contributed by atoms with E-state index in [9.17, 15) is 14.4 Å². The zero-order chi connectivity index (χ0) is 14.3. The first-order chi connectivity index (χ1) is 8.99. The van der Waals surface area contributed by atoms with Crippen molar-refractivity contribution in [1.82, 2.24) is 15.6 Å². The Kier molecular flexibility index (Phi) is 5.73. The second-order valence-corrected chi connectivity index (χ2v) is 4.56. The summed E-state index contributed by atoms with van der Waals surface area (Å²) in [6.07, 6.45) is 1.09. The molecule has 2 amide bonds. The highest BCUT2D eigenvalue weighted by Gasteiger charge is 2.20. The summed E-state index contributed by atoms with van der Waals surface area (Å²) < 4.78 is 0. The predicted octanol–water partition coefficient (Wildman–Crippen LogP) is 0.260. The highest BCUT2D eigenvalue weighted by Crippen LogP contribution is 2.03. The number of hydrogen-bond donors (Lipinski definition) is 4. The summed E-state index contributed by atoms with van der Waals surface area (Å²) in [5.74, 6) is -2.39. The van der Waals surface area contributed by atoms with E-state index in [2.05, 4.69) is 15.6 Å². The second-order valence-electron chi connectivity index (χ2n) is 3.58. The first kappa shape index (κ1) is 14.9. The van der Waals surface area contributed by atoms with Crippen molar-refractivity contribution < 1.29 is 24.6 Å². The Bertz CT molecular complexity index is 448. The number of thiazole rings is 1. The number of urea groups is 1. The Hall–Kier alpha value is -2.16. The summed E-state index contributed by atoms with van der Waals surface area (Å²) in [4.78, 5) is 36.6. The summed E-state index contributed by atoms with van der Waals surface area (Å²) in [6.45, 7) is 0.189. The Labute approximate surface area is 112 Å². The molecular formula is C10H13N3O5S. The van der Waals surface area contributed by atoms with Crippen LogP contribution in [0.1, 0.15) is 17.8 Å². The average Bonchev–Trinajstić information content (AvgIpc) is 2.84. The van der Waals surface area contributed by atoms with Crippen molar-refractivity contribution in [2.75, 3.05) is 0 Å². The highest BCUT2D eigenvalue weighted by molar-refractivity contribution is 7.09. The minimum absolute atomic E-state index is 0.171. The smallest absolute Gasteiger partial charge is 0.326 e. The van der Waals surface area contributed by atoms with Gasteiger partial charge in [-0.15, -0.1) is 11.3 Å². The quantitative estimate of drug-likeness (QED) is 0.569. The van der Waals surface area contributed by atoms with Crippen LogP contribution in [0.3, 0.4) is 0 Å². The van der Waals surface area contributed by atoms with E-state index in [1.54, 1.807) is 11.6 Å². The summed E-state index contributed by atoms with van der Waals surface area (Å²) >= 11 is 1.36. The van der Waals surface area contributed by atoms with E-state index in [1.807, 2.05) is 0 Å². The third kappa shape index (κ3) is 5.82. The lowest BCUT2D eigenvalue weighted by Crippen LogP contribution is -2.45. The summed E-state index contributed by atoms with van der Waals surface area (Å²) in [6, 6.07) is -1.90. The molecule has 0 aliphatic carbocycles. The van der Waals surface area contributed by atoms with Gasteiger partial charge in [0, 0.05) is 18.0 Å². The van der Waals surface area contributed by atoms with Crippen LogP contribution in [0.15, 0.2) is 11.6 Å². The highest BCUT2D eigenvalue weighted by atomic mass is 32.1. The van der Waals surface area contributed by atoms with Gasteiger partial charge in [-0.1, -0.05) is 0 Å². The normalized spacial score (nSPS) is 11.6. The molecule has 1 atom stereocenters. The van der Waals surface area contributed by atoms with Crippen molar-refractivity contribution in [3.8, 4) is 0 Å². The molecule has 19 heavy (non-hydrogen) atoms. The first-order valence-electron chi connectivity index (χ1n) is 5.36. The fourth-order valence-electron chi connectivity index (χ4n) is 1.23. The monoisotopic (exact) mass is 287 g/mol. The lowest BCUT2D eigenvalue weighted by molar-refractivity contribution is -0.140. The topological polar surface area (TPSA) is 129 Å². The number of hydrogen-bond acceptors (Lipinski definition) is 5. The van der Waals surface area contributed by atoms with Gasteiger partial charge in [0.1, 0.15) is 11.0 Å². The van der Waals surface area contributed by atoms with E-state index in [4.69, 9.17) is 10.2 Å². The summed E-state index contributed by atoms with van der Waals surface area (Å²) in [7, 11) is 0. The molecule has 8 nitrogen and oxygen atoms in total. The van der Waals surface area contributed by atoms with Gasteiger partial charge in [-0.05, 0) is 6.42 Å². The zero-order valence-corrected chi connectivity index (χ0v) is 10.6. The summed E-state index contributed by atoms with van der Waals surface area (Å²) in [5, 5.41) is 24.4. The molecule has 0 fully saturated rings. The number of amides is 2. The Morgan fingerprint density at radius 2 is 2.11 bits per heavy atom. The van der Waals surface area contributed by atoms with Crippen molar-refractivity contribution in [1.29, 1.82) is 0 Å². The van der Waals surface area contributed by atoms with Crippen molar-refractivity contribution in [2.45, 2.75) is 25.4 Å². The van der Waals surface area contributed by atoms with Gasteiger partial charge in [0.05, 0.1) is 6.54 Å². The maximum Gasteiger partial charge on any atom is 0.326 e. The molecule has 0 saturated carbocycles. The molecule has 104 valence electrons. The third-order valence-electron chi connectivity index (χ3n) is 2.13. The Balaban J connectivity index is 2.38. The SMILES string of the molecule is O=C(O)CC[C@H](NC(=O)NCc1nccs1)C(=O)O. The molecular weight excluding hydrogens is 274 g/mol. The van der Waals surface area contributed by atoms with Crippen LogP contribution in [0.2, 0.25) is 0 Å². The molecule has 1 aromatic rings. The molecule has 1 rings (SSSR count). The molecule has 0 aromatic carbocycles. The number of carboxylic acid groups (broad SMARTS) is 2. The molecule has 0 aliphatic rings. The maximum absolute atomic E-state index is 11.4. The molecule has 4 N–H and O–H groups in total. The van der Waals surface area contributed by atoms with E-state index in [0.717, 1.165) is 0 Å². The summed E-state index contributed by atoms with van der Waals surface area (Å²) in [5.41, 5.74) is 0. The maximum atomic E-state index is 11.4. The molecule has 0 bridgehead atoms. The van der Waals surface area contributed by atoms with Crippen LogP contribution in [0.25, 0.3) is 0 Å². The molecule has 0 aliphatic heterocycles. The lowest BCUT2D eigenvalue weighted by atomic mass is 10.1. The van der Waals surface area contributed by atoms with Crippen molar-refractivity contribution in [3.63, 3.8) is 0 Å². The van der Waals surface area contributed by atoms with Crippen molar-refractivity contribution in [3.05, 3.63) is 16.6 Å². The van der Waals surface area contributed by atoms with Crippen LogP contribution in [0.5, 0.6) is 0 Å². The average molecular weight is 287 g/mol.